The van der Waals surface area contributed by atoms with Crippen LogP contribution in [0.15, 0.2) is 0 Å². The van der Waals surface area contributed by atoms with Crippen molar-refractivity contribution in [3.8, 4) is 0 Å². The molecule has 0 aliphatic heterocycles. The molecule has 0 N–H and O–H groups in total. The Hall–Kier alpha value is 1.04. The van der Waals surface area contributed by atoms with Gasteiger partial charge in [0, 0.05) is 0 Å². The van der Waals surface area contributed by atoms with E-state index in [9.17, 15) is 0 Å². The predicted octanol–water partition coefficient (Wildman–Crippen LogP) is 1.72. The third-order valence-corrected chi connectivity index (χ3v) is 5.66. The molecule has 0 aliphatic rings. The average Bonchev–Trinajstić information content (AvgIpc) is 1.68. The van der Waals surface area contributed by atoms with Crippen molar-refractivity contribution in [2.75, 3.05) is 0 Å². The first kappa shape index (κ1) is 8.04. The topological polar surface area (TPSA) is 0 Å². The third kappa shape index (κ3) is 4.90. The fraction of sp³-hybridized carbons (Fsp3) is 1.00. The average molecular weight is 230 g/mol. The molecule has 0 aromatic heterocycles. The van der Waals surface area contributed by atoms with Crippen LogP contribution in [0.1, 0.15) is 6.92 Å². The van der Waals surface area contributed by atoms with Gasteiger partial charge in [-0.2, -0.15) is 0 Å². The molecule has 1 unspecified atom stereocenters. The summed E-state index contributed by atoms with van der Waals surface area (Å²) in [5, 5.41) is 1.49. The zero-order valence-corrected chi connectivity index (χ0v) is 8.53. The zero-order chi connectivity index (χ0) is 5.70. The van der Waals surface area contributed by atoms with E-state index in [0.29, 0.717) is 0 Å². The van der Waals surface area contributed by atoms with Crippen LogP contribution in [0, 0.1) is 0 Å². The molecule has 44 valence electrons. The molecule has 0 nitrogen and oxygen atoms in total. The maximum absolute atomic E-state index is 2.35. The summed E-state index contributed by atoms with van der Waals surface area (Å²) in [5.74, 6) is 4.64. The van der Waals surface area contributed by atoms with Gasteiger partial charge in [0.05, 0.1) is 0 Å². The van der Waals surface area contributed by atoms with Crippen LogP contribution >= 0.6 is 0 Å². The van der Waals surface area contributed by atoms with Gasteiger partial charge in [0.15, 0.2) is 0 Å². The monoisotopic (exact) mass is 232 g/mol. The van der Waals surface area contributed by atoms with Crippen LogP contribution in [-0.2, 0) is 0 Å². The van der Waals surface area contributed by atoms with E-state index in [1.165, 1.54) is 5.32 Å². The van der Waals surface area contributed by atoms with Gasteiger partial charge in [-0.1, -0.05) is 0 Å². The quantitative estimate of drug-likeness (QED) is 0.647. The SMILES string of the molecule is C[Se]CC(C)[Se]C. The molecule has 0 saturated heterocycles. The van der Waals surface area contributed by atoms with Crippen molar-refractivity contribution in [1.82, 2.24) is 0 Å². The Kier molecular flexibility index (Phi) is 5.95. The van der Waals surface area contributed by atoms with Crippen LogP contribution in [0.25, 0.3) is 0 Å². The van der Waals surface area contributed by atoms with Gasteiger partial charge >= 0.3 is 58.6 Å². The molecule has 2 heteroatoms. The Morgan fingerprint density at radius 2 is 2.00 bits per heavy atom. The Morgan fingerprint density at radius 1 is 1.43 bits per heavy atom. The standard InChI is InChI=1S/C5H12Se2/c1-5(7-3)4-6-2/h5H,4H2,1-3H3. The van der Waals surface area contributed by atoms with Crippen molar-refractivity contribution in [2.45, 2.75) is 28.7 Å². The minimum atomic E-state index is 0.901. The maximum atomic E-state index is 2.35. The molecule has 0 aliphatic carbocycles. The molecule has 0 rings (SSSR count). The van der Waals surface area contributed by atoms with Crippen LogP contribution in [-0.4, -0.2) is 29.9 Å². The summed E-state index contributed by atoms with van der Waals surface area (Å²) in [6, 6.07) is 0. The Labute approximate surface area is 58.8 Å². The molecule has 7 heavy (non-hydrogen) atoms. The molecule has 0 bridgehead atoms. The molecule has 0 heterocycles. The van der Waals surface area contributed by atoms with Gasteiger partial charge in [0.25, 0.3) is 0 Å². The number of hydrogen-bond donors (Lipinski definition) is 0. The second-order valence-electron chi connectivity index (χ2n) is 1.50. The summed E-state index contributed by atoms with van der Waals surface area (Å²) in [4.78, 5) is 1.04. The number of hydrogen-bond acceptors (Lipinski definition) is 0. The predicted molar refractivity (Wildman–Crippen MR) is 37.5 cm³/mol. The van der Waals surface area contributed by atoms with Crippen molar-refractivity contribution >= 4 is 29.9 Å². The Balaban J connectivity index is 2.83. The molecule has 0 saturated carbocycles. The minimum absolute atomic E-state index is 0.901. The van der Waals surface area contributed by atoms with E-state index < -0.39 is 0 Å². The van der Waals surface area contributed by atoms with Crippen molar-refractivity contribution in [3.05, 3.63) is 0 Å². The van der Waals surface area contributed by atoms with Gasteiger partial charge in [0.1, 0.15) is 0 Å². The van der Waals surface area contributed by atoms with Crippen LogP contribution in [0.4, 0.5) is 0 Å². The molecule has 0 spiro atoms. The van der Waals surface area contributed by atoms with Gasteiger partial charge in [-0.05, 0) is 0 Å². The fourth-order valence-corrected chi connectivity index (χ4v) is 4.54. The normalized spacial score (nSPS) is 14.1. The third-order valence-electron chi connectivity index (χ3n) is 0.804. The second kappa shape index (κ2) is 5.18. The summed E-state index contributed by atoms with van der Waals surface area (Å²) >= 11 is 1.81. The fourth-order valence-electron chi connectivity index (χ4n) is 0.303. The van der Waals surface area contributed by atoms with E-state index in [2.05, 4.69) is 18.6 Å². The van der Waals surface area contributed by atoms with Crippen molar-refractivity contribution in [1.29, 1.82) is 0 Å². The second-order valence-corrected chi connectivity index (χ2v) is 6.09. The zero-order valence-electron chi connectivity index (χ0n) is 5.10. The van der Waals surface area contributed by atoms with E-state index in [0.717, 1.165) is 34.7 Å². The van der Waals surface area contributed by atoms with E-state index in [1.54, 1.807) is 0 Å². The van der Waals surface area contributed by atoms with Crippen LogP contribution in [0.3, 0.4) is 0 Å². The first-order chi connectivity index (χ1) is 3.31. The summed E-state index contributed by atoms with van der Waals surface area (Å²) in [7, 11) is 0. The van der Waals surface area contributed by atoms with Gasteiger partial charge in [-0.15, -0.1) is 0 Å². The first-order valence-electron chi connectivity index (χ1n) is 2.33. The van der Waals surface area contributed by atoms with Crippen molar-refractivity contribution < 1.29 is 0 Å². The molecule has 0 aromatic carbocycles. The van der Waals surface area contributed by atoms with Crippen LogP contribution in [0.2, 0.25) is 21.8 Å². The summed E-state index contributed by atoms with van der Waals surface area (Å²) < 4.78 is 0. The molecule has 0 amide bonds. The molecule has 1 atom stereocenters. The van der Waals surface area contributed by atoms with Gasteiger partial charge < -0.3 is 0 Å². The van der Waals surface area contributed by atoms with Gasteiger partial charge in [-0.3, -0.25) is 0 Å². The molecule has 0 fully saturated rings. The Bertz CT molecular complexity index is 37.1. The molecule has 0 radical (unpaired) electrons. The Morgan fingerprint density at radius 3 is 2.14 bits per heavy atom. The summed E-state index contributed by atoms with van der Waals surface area (Å²) in [6.07, 6.45) is 0. The molecular weight excluding hydrogens is 218 g/mol. The van der Waals surface area contributed by atoms with Gasteiger partial charge in [-0.25, -0.2) is 0 Å². The van der Waals surface area contributed by atoms with E-state index in [1.807, 2.05) is 0 Å². The van der Waals surface area contributed by atoms with Crippen LogP contribution < -0.4 is 0 Å². The summed E-state index contributed by atoms with van der Waals surface area (Å²) in [5.41, 5.74) is 0. The van der Waals surface area contributed by atoms with E-state index >= 15 is 0 Å². The van der Waals surface area contributed by atoms with Crippen LogP contribution in [0.5, 0.6) is 0 Å². The molecular formula is C5H12Se2. The summed E-state index contributed by atoms with van der Waals surface area (Å²) in [6.45, 7) is 2.35. The van der Waals surface area contributed by atoms with E-state index in [-0.39, 0.29) is 0 Å². The molecule has 0 aromatic rings. The van der Waals surface area contributed by atoms with Crippen molar-refractivity contribution in [2.24, 2.45) is 0 Å². The van der Waals surface area contributed by atoms with Gasteiger partial charge in [0.2, 0.25) is 0 Å². The first-order valence-corrected chi connectivity index (χ1v) is 7.95. The van der Waals surface area contributed by atoms with Crippen molar-refractivity contribution in [3.63, 3.8) is 0 Å². The number of rotatable bonds is 3. The van der Waals surface area contributed by atoms with E-state index in [4.69, 9.17) is 0 Å².